The first-order chi connectivity index (χ1) is 10.5. The molecule has 1 aromatic carbocycles. The zero-order valence-corrected chi connectivity index (χ0v) is 13.5. The van der Waals surface area contributed by atoms with Crippen LogP contribution in [0.2, 0.25) is 0 Å². The van der Waals surface area contributed by atoms with E-state index in [0.29, 0.717) is 4.91 Å². The van der Waals surface area contributed by atoms with Crippen LogP contribution in [0.15, 0.2) is 29.2 Å². The highest BCUT2D eigenvalue weighted by molar-refractivity contribution is 8.26. The molecule has 1 amide bonds. The van der Waals surface area contributed by atoms with Crippen LogP contribution in [-0.4, -0.2) is 44.0 Å². The number of carboxylic acids is 1. The number of aliphatic hydroxyl groups is 1. The maximum absolute atomic E-state index is 12.3. The highest BCUT2D eigenvalue weighted by Gasteiger charge is 2.40. The minimum atomic E-state index is -1.35. The second-order valence-electron chi connectivity index (χ2n) is 4.68. The second kappa shape index (κ2) is 7.04. The lowest BCUT2D eigenvalue weighted by molar-refractivity contribution is -0.146. The number of nitrogens with zero attached hydrogens (tertiary/aromatic N) is 1. The van der Waals surface area contributed by atoms with E-state index in [1.165, 1.54) is 5.56 Å². The van der Waals surface area contributed by atoms with Crippen LogP contribution in [0.5, 0.6) is 0 Å². The molecule has 0 spiro atoms. The lowest BCUT2D eigenvalue weighted by Gasteiger charge is -2.20. The van der Waals surface area contributed by atoms with Crippen molar-refractivity contribution in [3.8, 4) is 0 Å². The molecule has 1 aliphatic rings. The summed E-state index contributed by atoms with van der Waals surface area (Å²) in [4.78, 5) is 24.7. The monoisotopic (exact) mass is 337 g/mol. The Morgan fingerprint density at radius 3 is 2.55 bits per heavy atom. The van der Waals surface area contributed by atoms with Gasteiger partial charge in [0, 0.05) is 0 Å². The summed E-state index contributed by atoms with van der Waals surface area (Å²) >= 11 is 6.11. The van der Waals surface area contributed by atoms with Crippen molar-refractivity contribution in [3.63, 3.8) is 0 Å². The van der Waals surface area contributed by atoms with Gasteiger partial charge >= 0.3 is 5.97 Å². The predicted molar refractivity (Wildman–Crippen MR) is 89.3 cm³/mol. The molecular weight excluding hydrogens is 322 g/mol. The number of amides is 1. The minimum Gasteiger partial charge on any atom is -0.480 e. The van der Waals surface area contributed by atoms with Crippen molar-refractivity contribution >= 4 is 46.3 Å². The van der Waals surface area contributed by atoms with Gasteiger partial charge in [-0.3, -0.25) is 9.69 Å². The summed E-state index contributed by atoms with van der Waals surface area (Å²) in [6.07, 6.45) is 2.61. The van der Waals surface area contributed by atoms with Crippen LogP contribution in [0, 0.1) is 0 Å². The molecule has 1 heterocycles. The smallest absolute Gasteiger partial charge is 0.329 e. The summed E-state index contributed by atoms with van der Waals surface area (Å²) in [5.74, 6) is -1.77. The van der Waals surface area contributed by atoms with Gasteiger partial charge in [-0.05, 0) is 23.6 Å². The van der Waals surface area contributed by atoms with E-state index in [-0.39, 0.29) is 4.32 Å². The van der Waals surface area contributed by atoms with Crippen molar-refractivity contribution in [2.75, 3.05) is 6.61 Å². The van der Waals surface area contributed by atoms with Gasteiger partial charge < -0.3 is 10.2 Å². The number of aryl methyl sites for hydroxylation is 1. The lowest BCUT2D eigenvalue weighted by atomic mass is 10.1. The van der Waals surface area contributed by atoms with Crippen LogP contribution in [0.4, 0.5) is 0 Å². The Morgan fingerprint density at radius 1 is 1.41 bits per heavy atom. The molecule has 116 valence electrons. The molecule has 22 heavy (non-hydrogen) atoms. The molecule has 0 bridgehead atoms. The summed E-state index contributed by atoms with van der Waals surface area (Å²) in [6, 6.07) is 6.39. The number of thioether (sulfide) groups is 1. The fraction of sp³-hybridized carbons (Fsp3) is 0.267. The van der Waals surface area contributed by atoms with Crippen LogP contribution in [0.1, 0.15) is 18.1 Å². The first kappa shape index (κ1) is 16.7. The molecule has 2 N–H and O–H groups in total. The van der Waals surface area contributed by atoms with Gasteiger partial charge in [-0.25, -0.2) is 4.79 Å². The molecule has 0 aliphatic carbocycles. The Bertz CT molecular complexity index is 639. The third kappa shape index (κ3) is 3.37. The van der Waals surface area contributed by atoms with Crippen molar-refractivity contribution < 1.29 is 19.8 Å². The zero-order valence-electron chi connectivity index (χ0n) is 11.9. The Hall–Kier alpha value is -1.70. The fourth-order valence-electron chi connectivity index (χ4n) is 2.02. The molecule has 0 aromatic heterocycles. The van der Waals surface area contributed by atoms with Gasteiger partial charge in [0.05, 0.1) is 11.5 Å². The number of carbonyl (C=O) groups is 2. The SMILES string of the molecule is CCc1ccc(/C=C2\SC(=S)N(C(CO)C(=O)O)C2=O)cc1. The summed E-state index contributed by atoms with van der Waals surface area (Å²) in [6.45, 7) is 1.38. The van der Waals surface area contributed by atoms with E-state index in [2.05, 4.69) is 6.92 Å². The molecule has 1 atom stereocenters. The number of aliphatic carboxylic acids is 1. The van der Waals surface area contributed by atoms with Gasteiger partial charge in [-0.1, -0.05) is 55.2 Å². The molecule has 0 radical (unpaired) electrons. The predicted octanol–water partition coefficient (Wildman–Crippen LogP) is 1.90. The largest absolute Gasteiger partial charge is 0.480 e. The first-order valence-corrected chi connectivity index (χ1v) is 7.90. The number of thiocarbonyl (C=S) groups is 1. The van der Waals surface area contributed by atoms with Crippen molar-refractivity contribution in [1.82, 2.24) is 4.90 Å². The Morgan fingerprint density at radius 2 is 2.05 bits per heavy atom. The number of aliphatic hydroxyl groups excluding tert-OH is 1. The number of benzene rings is 1. The highest BCUT2D eigenvalue weighted by atomic mass is 32.2. The van der Waals surface area contributed by atoms with Crippen LogP contribution in [-0.2, 0) is 16.0 Å². The van der Waals surface area contributed by atoms with Crippen LogP contribution < -0.4 is 0 Å². The summed E-state index contributed by atoms with van der Waals surface area (Å²) < 4.78 is 0.142. The quantitative estimate of drug-likeness (QED) is 0.631. The van der Waals surface area contributed by atoms with E-state index in [1.54, 1.807) is 6.08 Å². The molecule has 1 fully saturated rings. The van der Waals surface area contributed by atoms with Crippen LogP contribution in [0.3, 0.4) is 0 Å². The van der Waals surface area contributed by atoms with Crippen LogP contribution >= 0.6 is 24.0 Å². The number of rotatable bonds is 5. The molecule has 1 unspecified atom stereocenters. The number of carbonyl (C=O) groups excluding carboxylic acids is 1. The van der Waals surface area contributed by atoms with E-state index < -0.39 is 24.5 Å². The fourth-order valence-corrected chi connectivity index (χ4v) is 3.38. The van der Waals surface area contributed by atoms with Gasteiger partial charge in [-0.15, -0.1) is 0 Å². The lowest BCUT2D eigenvalue weighted by Crippen LogP contribution is -2.46. The van der Waals surface area contributed by atoms with E-state index in [0.717, 1.165) is 28.6 Å². The Labute approximate surface area is 137 Å². The van der Waals surface area contributed by atoms with Crippen molar-refractivity contribution in [2.24, 2.45) is 0 Å². The van der Waals surface area contributed by atoms with Gasteiger partial charge in [0.1, 0.15) is 4.32 Å². The molecule has 2 rings (SSSR count). The summed E-state index contributed by atoms with van der Waals surface area (Å²) in [5, 5.41) is 18.2. The number of hydrogen-bond donors (Lipinski definition) is 2. The molecule has 7 heteroatoms. The molecule has 5 nitrogen and oxygen atoms in total. The van der Waals surface area contributed by atoms with E-state index in [1.807, 2.05) is 24.3 Å². The molecule has 0 saturated carbocycles. The average Bonchev–Trinajstić information content (AvgIpc) is 2.76. The van der Waals surface area contributed by atoms with Gasteiger partial charge in [0.25, 0.3) is 5.91 Å². The zero-order chi connectivity index (χ0) is 16.3. The molecule has 1 aromatic rings. The Kier molecular flexibility index (Phi) is 5.33. The molecule has 1 saturated heterocycles. The molecule has 1 aliphatic heterocycles. The topological polar surface area (TPSA) is 77.8 Å². The third-order valence-electron chi connectivity index (χ3n) is 3.28. The van der Waals surface area contributed by atoms with Crippen LogP contribution in [0.25, 0.3) is 6.08 Å². The second-order valence-corrected chi connectivity index (χ2v) is 6.36. The number of hydrogen-bond acceptors (Lipinski definition) is 5. The summed E-state index contributed by atoms with van der Waals surface area (Å²) in [7, 11) is 0. The number of carboxylic acid groups (broad SMARTS) is 1. The van der Waals surface area contributed by atoms with Gasteiger partial charge in [0.15, 0.2) is 6.04 Å². The van der Waals surface area contributed by atoms with E-state index in [9.17, 15) is 9.59 Å². The first-order valence-electron chi connectivity index (χ1n) is 6.67. The maximum Gasteiger partial charge on any atom is 0.329 e. The Balaban J connectivity index is 2.26. The van der Waals surface area contributed by atoms with Crippen molar-refractivity contribution in [2.45, 2.75) is 19.4 Å². The van der Waals surface area contributed by atoms with E-state index in [4.69, 9.17) is 22.4 Å². The van der Waals surface area contributed by atoms with E-state index >= 15 is 0 Å². The average molecular weight is 337 g/mol. The minimum absolute atomic E-state index is 0.142. The van der Waals surface area contributed by atoms with Crippen molar-refractivity contribution in [1.29, 1.82) is 0 Å². The van der Waals surface area contributed by atoms with Crippen molar-refractivity contribution in [3.05, 3.63) is 40.3 Å². The maximum atomic E-state index is 12.3. The normalized spacial score (nSPS) is 18.1. The molecular formula is C15H15NO4S2. The summed E-state index contributed by atoms with van der Waals surface area (Å²) in [5.41, 5.74) is 2.03. The van der Waals surface area contributed by atoms with Gasteiger partial charge in [-0.2, -0.15) is 0 Å². The standard InChI is InChI=1S/C15H15NO4S2/c1-2-9-3-5-10(6-4-9)7-12-13(18)16(15(21)22-12)11(8-17)14(19)20/h3-7,11,17H,2,8H2,1H3,(H,19,20)/b12-7-. The third-order valence-corrected chi connectivity index (χ3v) is 4.61. The van der Waals surface area contributed by atoms with Gasteiger partial charge in [0.2, 0.25) is 0 Å². The highest BCUT2D eigenvalue weighted by Crippen LogP contribution is 2.34.